The highest BCUT2D eigenvalue weighted by Gasteiger charge is 2.17. The van der Waals surface area contributed by atoms with Gasteiger partial charge in [0.25, 0.3) is 5.91 Å². The molecule has 3 aromatic rings. The summed E-state index contributed by atoms with van der Waals surface area (Å²) >= 11 is 0. The molecule has 1 saturated heterocycles. The standard InChI is InChI=1S/C30H34N4O3/c35-28(18-13-23-9-4-3-5-10-23)33-27-12-8-11-26(21-27)31-22-29(36)32-25-16-14-24(15-17-25)30(37)34-19-6-1-2-7-20-34/h3-5,8-12,14-17,21,31H,1-2,6-7,13,18-20,22H2,(H,32,36)(H,33,35). The number of benzene rings is 3. The van der Waals surface area contributed by atoms with E-state index < -0.39 is 0 Å². The van der Waals surface area contributed by atoms with Crippen LogP contribution in [-0.2, 0) is 16.0 Å². The van der Waals surface area contributed by atoms with E-state index in [1.807, 2.05) is 53.4 Å². The predicted octanol–water partition coefficient (Wildman–Crippen LogP) is 5.32. The van der Waals surface area contributed by atoms with Crippen molar-refractivity contribution in [1.29, 1.82) is 0 Å². The lowest BCUT2D eigenvalue weighted by Gasteiger charge is -2.20. The Labute approximate surface area is 218 Å². The Hall–Kier alpha value is -4.13. The smallest absolute Gasteiger partial charge is 0.253 e. The maximum absolute atomic E-state index is 12.7. The van der Waals surface area contributed by atoms with Crippen molar-refractivity contribution in [3.63, 3.8) is 0 Å². The number of anilines is 3. The number of aryl methyl sites for hydroxylation is 1. The average molecular weight is 499 g/mol. The van der Waals surface area contributed by atoms with Gasteiger partial charge >= 0.3 is 0 Å². The molecule has 0 bridgehead atoms. The van der Waals surface area contributed by atoms with Gasteiger partial charge in [0.05, 0.1) is 6.54 Å². The minimum absolute atomic E-state index is 0.0495. The summed E-state index contributed by atoms with van der Waals surface area (Å²) in [6, 6.07) is 24.2. The van der Waals surface area contributed by atoms with Gasteiger partial charge in [-0.05, 0) is 67.3 Å². The molecule has 3 aromatic carbocycles. The minimum atomic E-state index is -0.205. The molecule has 7 nitrogen and oxygen atoms in total. The third kappa shape index (κ3) is 8.20. The lowest BCUT2D eigenvalue weighted by Crippen LogP contribution is -2.31. The summed E-state index contributed by atoms with van der Waals surface area (Å²) in [6.07, 6.45) is 5.53. The summed E-state index contributed by atoms with van der Waals surface area (Å²) in [6.45, 7) is 1.68. The Kier molecular flexibility index (Phi) is 9.29. The molecular formula is C30H34N4O3. The molecule has 7 heteroatoms. The molecule has 3 amide bonds. The van der Waals surface area contributed by atoms with Gasteiger partial charge in [0.15, 0.2) is 0 Å². The van der Waals surface area contributed by atoms with Gasteiger partial charge in [-0.2, -0.15) is 0 Å². The first-order chi connectivity index (χ1) is 18.1. The van der Waals surface area contributed by atoms with E-state index in [1.54, 1.807) is 30.3 Å². The van der Waals surface area contributed by atoms with Crippen molar-refractivity contribution in [2.45, 2.75) is 38.5 Å². The average Bonchev–Trinajstić information content (AvgIpc) is 3.21. The summed E-state index contributed by atoms with van der Waals surface area (Å²) in [5.74, 6) is -0.214. The Morgan fingerprint density at radius 2 is 1.35 bits per heavy atom. The van der Waals surface area contributed by atoms with Crippen molar-refractivity contribution in [3.8, 4) is 0 Å². The zero-order valence-corrected chi connectivity index (χ0v) is 21.0. The molecule has 0 aromatic heterocycles. The minimum Gasteiger partial charge on any atom is -0.376 e. The van der Waals surface area contributed by atoms with Gasteiger partial charge < -0.3 is 20.9 Å². The zero-order valence-electron chi connectivity index (χ0n) is 21.0. The van der Waals surface area contributed by atoms with E-state index >= 15 is 0 Å². The molecule has 3 N–H and O–H groups in total. The molecule has 0 unspecified atom stereocenters. The van der Waals surface area contributed by atoms with Crippen LogP contribution in [0.4, 0.5) is 17.1 Å². The highest BCUT2D eigenvalue weighted by Crippen LogP contribution is 2.17. The molecular weight excluding hydrogens is 464 g/mol. The number of likely N-dealkylation sites (tertiary alicyclic amines) is 1. The Morgan fingerprint density at radius 3 is 2.08 bits per heavy atom. The van der Waals surface area contributed by atoms with Crippen molar-refractivity contribution in [2.24, 2.45) is 0 Å². The first kappa shape index (κ1) is 25.9. The summed E-state index contributed by atoms with van der Waals surface area (Å²) < 4.78 is 0. The molecule has 0 atom stereocenters. The van der Waals surface area contributed by atoms with Crippen molar-refractivity contribution in [2.75, 3.05) is 35.6 Å². The predicted molar refractivity (Wildman–Crippen MR) is 148 cm³/mol. The summed E-state index contributed by atoms with van der Waals surface area (Å²) in [5, 5.41) is 8.85. The highest BCUT2D eigenvalue weighted by atomic mass is 16.2. The van der Waals surface area contributed by atoms with Crippen molar-refractivity contribution < 1.29 is 14.4 Å². The molecule has 0 saturated carbocycles. The molecule has 0 aliphatic carbocycles. The summed E-state index contributed by atoms with van der Waals surface area (Å²) in [7, 11) is 0. The molecule has 192 valence electrons. The molecule has 1 aliphatic heterocycles. The first-order valence-corrected chi connectivity index (χ1v) is 12.9. The van der Waals surface area contributed by atoms with E-state index in [9.17, 15) is 14.4 Å². The van der Waals surface area contributed by atoms with E-state index in [-0.39, 0.29) is 24.3 Å². The number of hydrogen-bond acceptors (Lipinski definition) is 4. The largest absolute Gasteiger partial charge is 0.376 e. The molecule has 1 aliphatic rings. The second-order valence-electron chi connectivity index (χ2n) is 9.30. The SMILES string of the molecule is O=C(CCc1ccccc1)Nc1cccc(NCC(=O)Nc2ccc(C(=O)N3CCCCCC3)cc2)c1. The van der Waals surface area contributed by atoms with Gasteiger partial charge in [0, 0.05) is 42.1 Å². The molecule has 0 radical (unpaired) electrons. The second-order valence-corrected chi connectivity index (χ2v) is 9.30. The van der Waals surface area contributed by atoms with Crippen LogP contribution in [0.1, 0.15) is 48.0 Å². The molecule has 1 heterocycles. The monoisotopic (exact) mass is 498 g/mol. The quantitative estimate of drug-likeness (QED) is 0.372. The van der Waals surface area contributed by atoms with E-state index in [0.29, 0.717) is 29.8 Å². The fourth-order valence-electron chi connectivity index (χ4n) is 4.37. The molecule has 4 rings (SSSR count). The van der Waals surface area contributed by atoms with Gasteiger partial charge in [-0.1, -0.05) is 49.2 Å². The molecule has 1 fully saturated rings. The number of carbonyl (C=O) groups is 3. The van der Waals surface area contributed by atoms with Crippen molar-refractivity contribution in [3.05, 3.63) is 90.0 Å². The second kappa shape index (κ2) is 13.3. The fourth-order valence-corrected chi connectivity index (χ4v) is 4.37. The van der Waals surface area contributed by atoms with Crippen LogP contribution in [0.5, 0.6) is 0 Å². The van der Waals surface area contributed by atoms with Crippen LogP contribution in [-0.4, -0.2) is 42.3 Å². The molecule has 0 spiro atoms. The summed E-state index contributed by atoms with van der Waals surface area (Å²) in [4.78, 5) is 39.4. The van der Waals surface area contributed by atoms with Crippen LogP contribution in [0.15, 0.2) is 78.9 Å². The summed E-state index contributed by atoms with van der Waals surface area (Å²) in [5.41, 5.74) is 3.81. The Bertz CT molecular complexity index is 1190. The number of rotatable bonds is 9. The normalized spacial score (nSPS) is 13.4. The number of hydrogen-bond donors (Lipinski definition) is 3. The lowest BCUT2D eigenvalue weighted by atomic mass is 10.1. The van der Waals surface area contributed by atoms with E-state index in [1.165, 1.54) is 12.8 Å². The van der Waals surface area contributed by atoms with Crippen LogP contribution in [0.3, 0.4) is 0 Å². The first-order valence-electron chi connectivity index (χ1n) is 12.9. The number of amides is 3. The Morgan fingerprint density at radius 1 is 0.676 bits per heavy atom. The van der Waals surface area contributed by atoms with Gasteiger partial charge in [-0.25, -0.2) is 0 Å². The topological polar surface area (TPSA) is 90.5 Å². The lowest BCUT2D eigenvalue weighted by molar-refractivity contribution is -0.116. The van der Waals surface area contributed by atoms with Gasteiger partial charge in [0.1, 0.15) is 0 Å². The number of nitrogens with zero attached hydrogens (tertiary/aromatic N) is 1. The van der Waals surface area contributed by atoms with Gasteiger partial charge in [-0.15, -0.1) is 0 Å². The molecule has 37 heavy (non-hydrogen) atoms. The van der Waals surface area contributed by atoms with Crippen LogP contribution in [0.25, 0.3) is 0 Å². The van der Waals surface area contributed by atoms with Crippen LogP contribution in [0, 0.1) is 0 Å². The third-order valence-electron chi connectivity index (χ3n) is 6.39. The number of carbonyl (C=O) groups excluding carboxylic acids is 3. The van der Waals surface area contributed by atoms with Crippen LogP contribution in [0.2, 0.25) is 0 Å². The van der Waals surface area contributed by atoms with Gasteiger partial charge in [0.2, 0.25) is 11.8 Å². The van der Waals surface area contributed by atoms with Crippen LogP contribution >= 0.6 is 0 Å². The highest BCUT2D eigenvalue weighted by molar-refractivity contribution is 5.97. The Balaban J connectivity index is 1.22. The van der Waals surface area contributed by atoms with E-state index in [0.717, 1.165) is 37.2 Å². The maximum Gasteiger partial charge on any atom is 0.253 e. The fraction of sp³-hybridized carbons (Fsp3) is 0.300. The zero-order chi connectivity index (χ0) is 25.9. The number of nitrogens with one attached hydrogen (secondary N) is 3. The van der Waals surface area contributed by atoms with Crippen molar-refractivity contribution in [1.82, 2.24) is 4.90 Å². The maximum atomic E-state index is 12.7. The van der Waals surface area contributed by atoms with E-state index in [4.69, 9.17) is 0 Å². The van der Waals surface area contributed by atoms with Crippen molar-refractivity contribution >= 4 is 34.8 Å². The van der Waals surface area contributed by atoms with Gasteiger partial charge in [-0.3, -0.25) is 14.4 Å². The van der Waals surface area contributed by atoms with Crippen LogP contribution < -0.4 is 16.0 Å². The van der Waals surface area contributed by atoms with E-state index in [2.05, 4.69) is 16.0 Å². The third-order valence-corrected chi connectivity index (χ3v) is 6.39.